The number of benzene rings is 1. The molecule has 0 heterocycles. The standard InChI is InChI=1S/C18H25Cl3/c1-17(2,3)14-6-8-18(12-19,9-7-14)11-13-4-5-15(20)10-16(13)21/h4-5,10,14H,6-9,11-12H2,1-3H3. The molecule has 0 aliphatic heterocycles. The van der Waals surface area contributed by atoms with Crippen LogP contribution in [0.15, 0.2) is 18.2 Å². The summed E-state index contributed by atoms with van der Waals surface area (Å²) in [5.41, 5.74) is 1.77. The quantitative estimate of drug-likeness (QED) is 0.516. The van der Waals surface area contributed by atoms with Crippen molar-refractivity contribution < 1.29 is 0 Å². The Morgan fingerprint density at radius 2 is 1.76 bits per heavy atom. The zero-order chi connectivity index (χ0) is 15.7. The van der Waals surface area contributed by atoms with Gasteiger partial charge in [-0.05, 0) is 66.5 Å². The first-order chi connectivity index (χ1) is 9.76. The minimum atomic E-state index is 0.195. The molecule has 1 aromatic rings. The third-order valence-corrected chi connectivity index (χ3v) is 6.29. The van der Waals surface area contributed by atoms with Crippen molar-refractivity contribution in [3.8, 4) is 0 Å². The van der Waals surface area contributed by atoms with E-state index in [9.17, 15) is 0 Å². The van der Waals surface area contributed by atoms with Gasteiger partial charge in [-0.3, -0.25) is 0 Å². The molecule has 21 heavy (non-hydrogen) atoms. The Morgan fingerprint density at radius 1 is 1.14 bits per heavy atom. The first-order valence-corrected chi connectivity index (χ1v) is 9.05. The van der Waals surface area contributed by atoms with E-state index >= 15 is 0 Å². The van der Waals surface area contributed by atoms with Crippen LogP contribution < -0.4 is 0 Å². The van der Waals surface area contributed by atoms with Gasteiger partial charge in [-0.25, -0.2) is 0 Å². The van der Waals surface area contributed by atoms with Gasteiger partial charge in [-0.1, -0.05) is 50.0 Å². The molecule has 0 atom stereocenters. The van der Waals surface area contributed by atoms with Crippen LogP contribution in [0.3, 0.4) is 0 Å². The fourth-order valence-electron chi connectivity index (χ4n) is 3.52. The molecule has 0 radical (unpaired) electrons. The number of alkyl halides is 1. The Hall–Kier alpha value is 0.0900. The Labute approximate surface area is 144 Å². The summed E-state index contributed by atoms with van der Waals surface area (Å²) < 4.78 is 0. The summed E-state index contributed by atoms with van der Waals surface area (Å²) in [6.45, 7) is 7.05. The van der Waals surface area contributed by atoms with Crippen LogP contribution in [0.4, 0.5) is 0 Å². The van der Waals surface area contributed by atoms with E-state index in [-0.39, 0.29) is 5.41 Å². The first-order valence-electron chi connectivity index (χ1n) is 7.76. The molecule has 0 amide bonds. The molecule has 2 rings (SSSR count). The van der Waals surface area contributed by atoms with Crippen molar-refractivity contribution in [3.05, 3.63) is 33.8 Å². The van der Waals surface area contributed by atoms with Crippen LogP contribution in [0, 0.1) is 16.7 Å². The summed E-state index contributed by atoms with van der Waals surface area (Å²) in [7, 11) is 0. The third kappa shape index (κ3) is 4.30. The predicted molar refractivity (Wildman–Crippen MR) is 94.7 cm³/mol. The summed E-state index contributed by atoms with van der Waals surface area (Å²) in [4.78, 5) is 0. The Kier molecular flexibility index (Phi) is 5.55. The lowest BCUT2D eigenvalue weighted by atomic mass is 9.63. The van der Waals surface area contributed by atoms with Gasteiger partial charge in [0.15, 0.2) is 0 Å². The van der Waals surface area contributed by atoms with Crippen LogP contribution in [0.25, 0.3) is 0 Å². The van der Waals surface area contributed by atoms with Crippen molar-refractivity contribution in [2.24, 2.45) is 16.7 Å². The van der Waals surface area contributed by atoms with Crippen molar-refractivity contribution in [1.82, 2.24) is 0 Å². The van der Waals surface area contributed by atoms with Crippen molar-refractivity contribution >= 4 is 34.8 Å². The maximum Gasteiger partial charge on any atom is 0.0453 e. The molecule has 0 spiro atoms. The van der Waals surface area contributed by atoms with Gasteiger partial charge in [0.05, 0.1) is 0 Å². The average molecular weight is 348 g/mol. The Bertz CT molecular complexity index is 480. The summed E-state index contributed by atoms with van der Waals surface area (Å²) in [6, 6.07) is 5.81. The summed E-state index contributed by atoms with van der Waals surface area (Å²) >= 11 is 18.7. The predicted octanol–water partition coefficient (Wildman–Crippen LogP) is 7.00. The zero-order valence-electron chi connectivity index (χ0n) is 13.2. The minimum Gasteiger partial charge on any atom is -0.126 e. The second-order valence-corrected chi connectivity index (χ2v) is 8.80. The lowest BCUT2D eigenvalue weighted by Gasteiger charge is -2.43. The molecule has 0 unspecified atom stereocenters. The lowest BCUT2D eigenvalue weighted by molar-refractivity contribution is 0.102. The molecule has 1 aliphatic rings. The lowest BCUT2D eigenvalue weighted by Crippen LogP contribution is -2.35. The molecule has 1 aromatic carbocycles. The molecule has 0 bridgehead atoms. The van der Waals surface area contributed by atoms with Gasteiger partial charge < -0.3 is 0 Å². The SMILES string of the molecule is CC(C)(C)C1CCC(CCl)(Cc2ccc(Cl)cc2Cl)CC1. The van der Waals surface area contributed by atoms with Crippen molar-refractivity contribution in [3.63, 3.8) is 0 Å². The first kappa shape index (κ1) is 17.4. The third-order valence-electron chi connectivity index (χ3n) is 5.14. The highest BCUT2D eigenvalue weighted by Crippen LogP contribution is 2.48. The molecule has 0 aromatic heterocycles. The largest absolute Gasteiger partial charge is 0.126 e. The van der Waals surface area contributed by atoms with E-state index in [2.05, 4.69) is 26.8 Å². The molecule has 0 saturated heterocycles. The van der Waals surface area contributed by atoms with Gasteiger partial charge in [0, 0.05) is 15.9 Å². The second kappa shape index (κ2) is 6.69. The van der Waals surface area contributed by atoms with E-state index in [1.165, 1.54) is 31.2 Å². The van der Waals surface area contributed by atoms with Gasteiger partial charge in [0.1, 0.15) is 0 Å². The molecule has 118 valence electrons. The van der Waals surface area contributed by atoms with Crippen LogP contribution in [0.1, 0.15) is 52.0 Å². The fraction of sp³-hybridized carbons (Fsp3) is 0.667. The molecule has 0 nitrogen and oxygen atoms in total. The van der Waals surface area contributed by atoms with E-state index in [1.54, 1.807) is 0 Å². The number of rotatable bonds is 3. The maximum absolute atomic E-state index is 6.36. The van der Waals surface area contributed by atoms with Crippen LogP contribution in [0.5, 0.6) is 0 Å². The smallest absolute Gasteiger partial charge is 0.0453 e. The molecule has 1 aliphatic carbocycles. The Balaban J connectivity index is 2.10. The van der Waals surface area contributed by atoms with Gasteiger partial charge in [-0.15, -0.1) is 11.6 Å². The fourth-order valence-corrected chi connectivity index (χ4v) is 4.36. The molecular weight excluding hydrogens is 323 g/mol. The minimum absolute atomic E-state index is 0.195. The molecule has 1 saturated carbocycles. The van der Waals surface area contributed by atoms with E-state index in [0.717, 1.165) is 17.4 Å². The topological polar surface area (TPSA) is 0 Å². The van der Waals surface area contributed by atoms with E-state index in [4.69, 9.17) is 34.8 Å². The van der Waals surface area contributed by atoms with Crippen molar-refractivity contribution in [1.29, 1.82) is 0 Å². The van der Waals surface area contributed by atoms with Crippen LogP contribution >= 0.6 is 34.8 Å². The highest BCUT2D eigenvalue weighted by Gasteiger charge is 2.38. The van der Waals surface area contributed by atoms with E-state index in [1.807, 2.05) is 12.1 Å². The monoisotopic (exact) mass is 346 g/mol. The number of hydrogen-bond acceptors (Lipinski definition) is 0. The van der Waals surface area contributed by atoms with Crippen molar-refractivity contribution in [2.75, 3.05) is 5.88 Å². The molecule has 0 N–H and O–H groups in total. The highest BCUT2D eigenvalue weighted by molar-refractivity contribution is 6.35. The zero-order valence-corrected chi connectivity index (χ0v) is 15.5. The van der Waals surface area contributed by atoms with Crippen LogP contribution in [-0.2, 0) is 6.42 Å². The van der Waals surface area contributed by atoms with Crippen LogP contribution in [0.2, 0.25) is 10.0 Å². The molecule has 3 heteroatoms. The Morgan fingerprint density at radius 3 is 2.24 bits per heavy atom. The number of hydrogen-bond donors (Lipinski definition) is 0. The summed E-state index contributed by atoms with van der Waals surface area (Å²) in [6.07, 6.45) is 5.88. The van der Waals surface area contributed by atoms with E-state index in [0.29, 0.717) is 16.3 Å². The molecule has 1 fully saturated rings. The summed E-state index contributed by atoms with van der Waals surface area (Å²) in [5.74, 6) is 1.51. The second-order valence-electron chi connectivity index (χ2n) is 7.69. The van der Waals surface area contributed by atoms with Gasteiger partial charge in [-0.2, -0.15) is 0 Å². The summed E-state index contributed by atoms with van der Waals surface area (Å²) in [5, 5.41) is 1.46. The van der Waals surface area contributed by atoms with Gasteiger partial charge in [0.2, 0.25) is 0 Å². The molecular formula is C18H25Cl3. The van der Waals surface area contributed by atoms with Crippen LogP contribution in [-0.4, -0.2) is 5.88 Å². The van der Waals surface area contributed by atoms with E-state index < -0.39 is 0 Å². The van der Waals surface area contributed by atoms with Gasteiger partial charge >= 0.3 is 0 Å². The highest BCUT2D eigenvalue weighted by atomic mass is 35.5. The number of halogens is 3. The van der Waals surface area contributed by atoms with Crippen molar-refractivity contribution in [2.45, 2.75) is 52.9 Å². The van der Waals surface area contributed by atoms with Gasteiger partial charge in [0.25, 0.3) is 0 Å². The average Bonchev–Trinajstić information content (AvgIpc) is 2.41. The normalized spacial score (nSPS) is 26.9. The maximum atomic E-state index is 6.36.